The summed E-state index contributed by atoms with van der Waals surface area (Å²) in [5.41, 5.74) is 4.59. The molecule has 0 atom stereocenters. The molecule has 0 saturated heterocycles. The van der Waals surface area contributed by atoms with E-state index in [1.807, 2.05) is 6.92 Å². The number of rotatable bonds is 3. The van der Waals surface area contributed by atoms with Gasteiger partial charge in [-0.3, -0.25) is 14.4 Å². The Morgan fingerprint density at radius 1 is 1.19 bits per heavy atom. The van der Waals surface area contributed by atoms with E-state index in [9.17, 15) is 19.3 Å². The topological polar surface area (TPSA) is 99.7 Å². The van der Waals surface area contributed by atoms with E-state index >= 15 is 0 Å². The van der Waals surface area contributed by atoms with Gasteiger partial charge in [-0.05, 0) is 61.4 Å². The Kier molecular flexibility index (Phi) is 4.22. The lowest BCUT2D eigenvalue weighted by Gasteiger charge is -2.22. The number of aromatic amines is 1. The van der Waals surface area contributed by atoms with Gasteiger partial charge in [0.05, 0.1) is 12.1 Å². The Morgan fingerprint density at radius 2 is 1.96 bits per heavy atom. The van der Waals surface area contributed by atoms with Gasteiger partial charge in [-0.1, -0.05) is 6.07 Å². The van der Waals surface area contributed by atoms with E-state index in [0.717, 1.165) is 36.9 Å². The molecule has 27 heavy (non-hydrogen) atoms. The second-order valence-corrected chi connectivity index (χ2v) is 7.11. The number of amides is 2. The molecule has 2 heterocycles. The van der Waals surface area contributed by atoms with Crippen LogP contribution in [0.4, 0.5) is 0 Å². The zero-order valence-electron chi connectivity index (χ0n) is 15.0. The number of nitrogens with zero attached hydrogens (tertiary/aromatic N) is 2. The summed E-state index contributed by atoms with van der Waals surface area (Å²) in [6, 6.07) is 4.69. The van der Waals surface area contributed by atoms with Crippen LogP contribution in [-0.4, -0.2) is 21.7 Å². The van der Waals surface area contributed by atoms with Gasteiger partial charge in [0.2, 0.25) is 0 Å². The molecule has 2 amide bonds. The minimum Gasteiger partial charge on any atom is -0.330 e. The van der Waals surface area contributed by atoms with Crippen LogP contribution in [0.1, 0.15) is 61.5 Å². The molecular formula is C20H19N3O4. The highest BCUT2D eigenvalue weighted by molar-refractivity contribution is 6.04. The molecule has 0 radical (unpaired) electrons. The molecule has 2 aliphatic rings. The molecule has 138 valence electrons. The molecule has 2 aromatic rings. The number of carbonyl (C=O) groups excluding carboxylic acids is 2. The van der Waals surface area contributed by atoms with Gasteiger partial charge in [-0.15, -0.1) is 4.91 Å². The van der Waals surface area contributed by atoms with Crippen LogP contribution < -0.4 is 5.56 Å². The Balaban J connectivity index is 1.69. The number of hydrogen-bond acceptors (Lipinski definition) is 4. The van der Waals surface area contributed by atoms with Crippen LogP contribution in [0.5, 0.6) is 0 Å². The van der Waals surface area contributed by atoms with Crippen molar-refractivity contribution in [2.45, 2.75) is 45.7 Å². The Labute approximate surface area is 155 Å². The molecule has 1 aromatic carbocycles. The number of hydrogen-bond donors (Lipinski definition) is 1. The predicted octanol–water partition coefficient (Wildman–Crippen LogP) is 2.62. The summed E-state index contributed by atoms with van der Waals surface area (Å²) in [4.78, 5) is 52.3. The fraction of sp³-hybridized carbons (Fsp3) is 0.350. The third kappa shape index (κ3) is 2.79. The van der Waals surface area contributed by atoms with E-state index in [1.54, 1.807) is 17.0 Å². The van der Waals surface area contributed by atoms with Gasteiger partial charge in [0.25, 0.3) is 11.5 Å². The molecule has 1 aliphatic carbocycles. The monoisotopic (exact) mass is 365 g/mol. The summed E-state index contributed by atoms with van der Waals surface area (Å²) in [5.74, 6) is -1.13. The number of H-pyrrole nitrogens is 1. The van der Waals surface area contributed by atoms with Crippen LogP contribution in [0, 0.1) is 11.8 Å². The third-order valence-corrected chi connectivity index (χ3v) is 5.62. The number of fused-ring (bicyclic) bond motifs is 2. The van der Waals surface area contributed by atoms with E-state index < -0.39 is 5.91 Å². The summed E-state index contributed by atoms with van der Waals surface area (Å²) >= 11 is 0. The maximum absolute atomic E-state index is 12.8. The fourth-order valence-electron chi connectivity index (χ4n) is 4.17. The largest absolute Gasteiger partial charge is 0.330 e. The van der Waals surface area contributed by atoms with Gasteiger partial charge in [-0.2, -0.15) is 0 Å². The third-order valence-electron chi connectivity index (χ3n) is 5.62. The first-order valence-corrected chi connectivity index (χ1v) is 9.03. The summed E-state index contributed by atoms with van der Waals surface area (Å²) < 4.78 is 0. The van der Waals surface area contributed by atoms with E-state index in [4.69, 9.17) is 0 Å². The standard InChI is InChI=1S/C20H19N3O4/c1-11-12-5-2-3-8-17(12)21-18(24)15(11)9-23-10-16-13(19(25)22-27)6-4-7-14(16)20(23)26/h4,6-7H,2-3,5,8-10H2,1H3,(H,21,24). The lowest BCUT2D eigenvalue weighted by Crippen LogP contribution is -2.30. The summed E-state index contributed by atoms with van der Waals surface area (Å²) in [6.45, 7) is 2.29. The predicted molar refractivity (Wildman–Crippen MR) is 98.6 cm³/mol. The van der Waals surface area contributed by atoms with Crippen molar-refractivity contribution in [3.05, 3.63) is 72.5 Å². The quantitative estimate of drug-likeness (QED) is 0.845. The van der Waals surface area contributed by atoms with Crippen LogP contribution in [0.15, 0.2) is 28.2 Å². The van der Waals surface area contributed by atoms with Crippen molar-refractivity contribution < 1.29 is 9.59 Å². The van der Waals surface area contributed by atoms with E-state index in [2.05, 4.69) is 10.2 Å². The van der Waals surface area contributed by atoms with Crippen molar-refractivity contribution in [1.82, 2.24) is 9.88 Å². The SMILES string of the molecule is Cc1c2c([nH]c(=O)c1CN1Cc3c(C(=O)N=O)cccc3C1=O)CCCC2. The van der Waals surface area contributed by atoms with Crippen molar-refractivity contribution in [3.63, 3.8) is 0 Å². The summed E-state index contributed by atoms with van der Waals surface area (Å²) in [7, 11) is 0. The first-order valence-electron chi connectivity index (χ1n) is 9.03. The van der Waals surface area contributed by atoms with Gasteiger partial charge >= 0.3 is 5.91 Å². The molecule has 1 aromatic heterocycles. The molecule has 7 nitrogen and oxygen atoms in total. The highest BCUT2D eigenvalue weighted by atomic mass is 16.3. The second-order valence-electron chi connectivity index (χ2n) is 7.11. The maximum Gasteiger partial charge on any atom is 0.317 e. The van der Waals surface area contributed by atoms with Gasteiger partial charge in [0.1, 0.15) is 0 Å². The van der Waals surface area contributed by atoms with Crippen LogP contribution in [0.3, 0.4) is 0 Å². The normalized spacial score (nSPS) is 15.4. The number of benzene rings is 1. The molecule has 0 saturated carbocycles. The molecule has 7 heteroatoms. The van der Waals surface area contributed by atoms with Crippen LogP contribution in [-0.2, 0) is 25.9 Å². The lowest BCUT2D eigenvalue weighted by molar-refractivity contribution is 0.0765. The van der Waals surface area contributed by atoms with Crippen molar-refractivity contribution in [2.24, 2.45) is 5.18 Å². The molecule has 0 spiro atoms. The summed E-state index contributed by atoms with van der Waals surface area (Å²) in [6.07, 6.45) is 3.98. The molecule has 1 N–H and O–H groups in total. The average Bonchev–Trinajstić information content (AvgIpc) is 3.00. The van der Waals surface area contributed by atoms with Crippen molar-refractivity contribution in [2.75, 3.05) is 0 Å². The first kappa shape index (κ1) is 17.3. The number of aryl methyl sites for hydroxylation is 1. The molecule has 0 bridgehead atoms. The molecule has 4 rings (SSSR count). The maximum atomic E-state index is 12.8. The highest BCUT2D eigenvalue weighted by Crippen LogP contribution is 2.29. The molecule has 1 aliphatic heterocycles. The van der Waals surface area contributed by atoms with Crippen molar-refractivity contribution in [3.8, 4) is 0 Å². The van der Waals surface area contributed by atoms with E-state index in [0.29, 0.717) is 16.7 Å². The van der Waals surface area contributed by atoms with Gasteiger partial charge in [-0.25, -0.2) is 0 Å². The van der Waals surface area contributed by atoms with Crippen LogP contribution in [0.25, 0.3) is 0 Å². The minimum absolute atomic E-state index is 0.148. The van der Waals surface area contributed by atoms with Gasteiger partial charge < -0.3 is 9.88 Å². The van der Waals surface area contributed by atoms with Crippen LogP contribution in [0.2, 0.25) is 0 Å². The number of nitrogens with one attached hydrogen (secondary N) is 1. The number of carbonyl (C=O) groups is 2. The highest BCUT2D eigenvalue weighted by Gasteiger charge is 2.32. The number of pyridine rings is 1. The number of nitroso groups, excluding NO2 is 1. The van der Waals surface area contributed by atoms with Crippen molar-refractivity contribution >= 4 is 11.8 Å². The molecular weight excluding hydrogens is 346 g/mol. The fourth-order valence-corrected chi connectivity index (χ4v) is 4.17. The molecule has 0 fully saturated rings. The van der Waals surface area contributed by atoms with Gasteiger partial charge in [0, 0.05) is 28.5 Å². The van der Waals surface area contributed by atoms with Crippen molar-refractivity contribution in [1.29, 1.82) is 0 Å². The number of aromatic nitrogens is 1. The lowest BCUT2D eigenvalue weighted by atomic mass is 9.90. The zero-order valence-corrected chi connectivity index (χ0v) is 15.0. The van der Waals surface area contributed by atoms with E-state index in [1.165, 1.54) is 11.6 Å². The summed E-state index contributed by atoms with van der Waals surface area (Å²) in [5, 5.41) is 2.47. The van der Waals surface area contributed by atoms with E-state index in [-0.39, 0.29) is 30.1 Å². The Morgan fingerprint density at radius 3 is 2.74 bits per heavy atom. The average molecular weight is 365 g/mol. The molecule has 0 unspecified atom stereocenters. The van der Waals surface area contributed by atoms with Crippen LogP contribution >= 0.6 is 0 Å². The zero-order chi connectivity index (χ0) is 19.1. The Bertz CT molecular complexity index is 1040. The Hall–Kier alpha value is -3.09. The smallest absolute Gasteiger partial charge is 0.317 e. The second kappa shape index (κ2) is 6.57. The van der Waals surface area contributed by atoms with Gasteiger partial charge in [0.15, 0.2) is 0 Å². The first-order chi connectivity index (χ1) is 13.0. The minimum atomic E-state index is -0.885.